The van der Waals surface area contributed by atoms with Gasteiger partial charge in [0.2, 0.25) is 0 Å². The van der Waals surface area contributed by atoms with Crippen molar-refractivity contribution >= 4 is 29.3 Å². The van der Waals surface area contributed by atoms with Crippen molar-refractivity contribution < 1.29 is 9.53 Å². The number of aromatic amines is 1. The molecule has 5 heteroatoms. The number of methoxy groups -OCH3 is 1. The molecule has 2 aromatic rings. The largest absolute Gasteiger partial charge is 0.468 e. The predicted octanol–water partition coefficient (Wildman–Crippen LogP) is 1.99. The Morgan fingerprint density at radius 1 is 1.37 bits per heavy atom. The number of nitrogens with one attached hydrogen (secondary N) is 2. The third kappa shape index (κ3) is 2.33. The summed E-state index contributed by atoms with van der Waals surface area (Å²) in [5.41, 5.74) is 3.34. The first kappa shape index (κ1) is 13.9. The molecule has 0 spiro atoms. The lowest BCUT2D eigenvalue weighted by Crippen LogP contribution is -2.26. The number of rotatable bonds is 1. The molecule has 1 atom stereocenters. The van der Waals surface area contributed by atoms with E-state index in [1.807, 2.05) is 18.2 Å². The highest BCUT2D eigenvalue weighted by Gasteiger charge is 2.28. The van der Waals surface area contributed by atoms with E-state index in [-0.39, 0.29) is 24.3 Å². The maximum atomic E-state index is 11.9. The number of esters is 1. The van der Waals surface area contributed by atoms with Gasteiger partial charge < -0.3 is 15.0 Å². The Bertz CT molecular complexity index is 594. The Morgan fingerprint density at radius 3 is 2.95 bits per heavy atom. The molecule has 1 unspecified atom stereocenters. The van der Waals surface area contributed by atoms with Gasteiger partial charge in [-0.3, -0.25) is 4.79 Å². The van der Waals surface area contributed by atoms with Gasteiger partial charge in [-0.05, 0) is 24.6 Å². The highest BCUT2D eigenvalue weighted by Crippen LogP contribution is 2.30. The van der Waals surface area contributed by atoms with Crippen molar-refractivity contribution in [3.05, 3.63) is 35.5 Å². The van der Waals surface area contributed by atoms with Crippen molar-refractivity contribution in [3.8, 4) is 0 Å². The van der Waals surface area contributed by atoms with Gasteiger partial charge in [-0.2, -0.15) is 0 Å². The van der Waals surface area contributed by atoms with Gasteiger partial charge in [-0.25, -0.2) is 0 Å². The molecular weight excluding hydrogens is 264 g/mol. The minimum atomic E-state index is -0.236. The summed E-state index contributed by atoms with van der Waals surface area (Å²) in [4.78, 5) is 15.3. The topological polar surface area (TPSA) is 54.1 Å². The molecule has 0 aliphatic carbocycles. The van der Waals surface area contributed by atoms with E-state index in [9.17, 15) is 4.79 Å². The molecule has 4 nitrogen and oxygen atoms in total. The number of ether oxygens (including phenoxy) is 1. The van der Waals surface area contributed by atoms with Crippen LogP contribution in [-0.4, -0.2) is 31.2 Å². The molecule has 102 valence electrons. The van der Waals surface area contributed by atoms with E-state index < -0.39 is 0 Å². The zero-order chi connectivity index (χ0) is 12.5. The number of halogens is 1. The number of carbonyl (C=O) groups is 1. The van der Waals surface area contributed by atoms with E-state index in [0.717, 1.165) is 24.2 Å². The molecule has 2 N–H and O–H groups in total. The van der Waals surface area contributed by atoms with Gasteiger partial charge in [0.05, 0.1) is 7.11 Å². The Morgan fingerprint density at radius 2 is 2.16 bits per heavy atom. The smallest absolute Gasteiger partial charge is 0.315 e. The first-order chi connectivity index (χ1) is 8.81. The van der Waals surface area contributed by atoms with Crippen LogP contribution in [0.4, 0.5) is 0 Å². The van der Waals surface area contributed by atoms with E-state index in [4.69, 9.17) is 4.74 Å². The second kappa shape index (κ2) is 5.63. The number of fused-ring (bicyclic) bond motifs is 3. The Labute approximate surface area is 117 Å². The fourth-order valence-electron chi connectivity index (χ4n) is 2.69. The molecule has 1 aliphatic rings. The molecule has 3 rings (SSSR count). The van der Waals surface area contributed by atoms with Crippen molar-refractivity contribution in [3.63, 3.8) is 0 Å². The maximum Gasteiger partial charge on any atom is 0.315 e. The number of carbonyl (C=O) groups excluding carboxylic acids is 1. The molecule has 0 amide bonds. The monoisotopic (exact) mass is 280 g/mol. The van der Waals surface area contributed by atoms with E-state index in [0.29, 0.717) is 6.54 Å². The van der Waals surface area contributed by atoms with Gasteiger partial charge >= 0.3 is 5.97 Å². The van der Waals surface area contributed by atoms with Crippen LogP contribution in [0, 0.1) is 0 Å². The molecule has 2 heterocycles. The quantitative estimate of drug-likeness (QED) is 0.786. The van der Waals surface area contributed by atoms with Crippen LogP contribution in [0.5, 0.6) is 0 Å². The van der Waals surface area contributed by atoms with Gasteiger partial charge in [0.15, 0.2) is 0 Å². The second-order valence-corrected chi connectivity index (χ2v) is 4.59. The molecule has 0 bridgehead atoms. The van der Waals surface area contributed by atoms with E-state index in [2.05, 4.69) is 16.4 Å². The molecule has 1 aromatic heterocycles. The fourth-order valence-corrected chi connectivity index (χ4v) is 2.69. The van der Waals surface area contributed by atoms with Gasteiger partial charge in [0.1, 0.15) is 5.92 Å². The number of H-pyrrole nitrogens is 1. The summed E-state index contributed by atoms with van der Waals surface area (Å²) < 4.78 is 4.90. The molecular formula is C14H17ClN2O2. The third-order valence-corrected chi connectivity index (χ3v) is 3.58. The first-order valence-electron chi connectivity index (χ1n) is 6.19. The molecule has 1 aliphatic heterocycles. The Kier molecular flexibility index (Phi) is 4.12. The van der Waals surface area contributed by atoms with E-state index >= 15 is 0 Å². The summed E-state index contributed by atoms with van der Waals surface area (Å²) in [6.45, 7) is 1.52. The van der Waals surface area contributed by atoms with Crippen LogP contribution < -0.4 is 5.32 Å². The van der Waals surface area contributed by atoms with Crippen molar-refractivity contribution in [2.45, 2.75) is 12.3 Å². The SMILES string of the molecule is COC(=O)C1CNCCc2c1[nH]c1ccccc21.Cl. The van der Waals surface area contributed by atoms with Gasteiger partial charge in [-0.15, -0.1) is 12.4 Å². The molecule has 0 radical (unpaired) electrons. The van der Waals surface area contributed by atoms with Crippen LogP contribution in [0.25, 0.3) is 10.9 Å². The molecule has 19 heavy (non-hydrogen) atoms. The zero-order valence-electron chi connectivity index (χ0n) is 10.7. The van der Waals surface area contributed by atoms with Crippen molar-refractivity contribution in [2.75, 3.05) is 20.2 Å². The lowest BCUT2D eigenvalue weighted by atomic mass is 10.00. The van der Waals surface area contributed by atoms with Crippen LogP contribution in [0.15, 0.2) is 24.3 Å². The summed E-state index contributed by atoms with van der Waals surface area (Å²) in [6.07, 6.45) is 0.937. The average Bonchev–Trinajstić information content (AvgIpc) is 2.64. The lowest BCUT2D eigenvalue weighted by Gasteiger charge is -2.12. The minimum Gasteiger partial charge on any atom is -0.468 e. The second-order valence-electron chi connectivity index (χ2n) is 4.59. The zero-order valence-corrected chi connectivity index (χ0v) is 11.5. The van der Waals surface area contributed by atoms with E-state index in [1.165, 1.54) is 18.1 Å². The summed E-state index contributed by atoms with van der Waals surface area (Å²) in [7, 11) is 1.44. The highest BCUT2D eigenvalue weighted by atomic mass is 35.5. The van der Waals surface area contributed by atoms with Gasteiger partial charge in [0, 0.05) is 23.1 Å². The summed E-state index contributed by atoms with van der Waals surface area (Å²) in [6, 6.07) is 8.18. The summed E-state index contributed by atoms with van der Waals surface area (Å²) in [5.74, 6) is -0.419. The van der Waals surface area contributed by atoms with Gasteiger partial charge in [-0.1, -0.05) is 18.2 Å². The van der Waals surface area contributed by atoms with Crippen molar-refractivity contribution in [1.82, 2.24) is 10.3 Å². The highest BCUT2D eigenvalue weighted by molar-refractivity contribution is 5.88. The number of hydrogen-bond donors (Lipinski definition) is 2. The Balaban J connectivity index is 0.00000133. The minimum absolute atomic E-state index is 0. The standard InChI is InChI=1S/C14H16N2O2.ClH/c1-18-14(17)11-8-15-7-6-10-9-4-2-3-5-12(9)16-13(10)11;/h2-5,11,15-16H,6-8H2,1H3;1H. The predicted molar refractivity (Wildman–Crippen MR) is 76.9 cm³/mol. The maximum absolute atomic E-state index is 11.9. The fraction of sp³-hybridized carbons (Fsp3) is 0.357. The summed E-state index contributed by atoms with van der Waals surface area (Å²) in [5, 5.41) is 4.50. The Hall–Kier alpha value is -1.52. The molecule has 1 aromatic carbocycles. The normalized spacial score (nSPS) is 18.3. The average molecular weight is 281 g/mol. The number of aromatic nitrogens is 1. The number of benzene rings is 1. The van der Waals surface area contributed by atoms with Crippen LogP contribution in [0.1, 0.15) is 17.2 Å². The lowest BCUT2D eigenvalue weighted by molar-refractivity contribution is -0.142. The number of hydrogen-bond acceptors (Lipinski definition) is 3. The van der Waals surface area contributed by atoms with Crippen molar-refractivity contribution in [2.24, 2.45) is 0 Å². The van der Waals surface area contributed by atoms with Crippen LogP contribution in [0.3, 0.4) is 0 Å². The first-order valence-corrected chi connectivity index (χ1v) is 6.19. The van der Waals surface area contributed by atoms with Crippen LogP contribution in [-0.2, 0) is 16.0 Å². The molecule has 0 saturated carbocycles. The van der Waals surface area contributed by atoms with Gasteiger partial charge in [0.25, 0.3) is 0 Å². The number of para-hydroxylation sites is 1. The third-order valence-electron chi connectivity index (χ3n) is 3.58. The summed E-state index contributed by atoms with van der Waals surface area (Å²) >= 11 is 0. The van der Waals surface area contributed by atoms with Crippen molar-refractivity contribution in [1.29, 1.82) is 0 Å². The van der Waals surface area contributed by atoms with Crippen LogP contribution in [0.2, 0.25) is 0 Å². The molecule has 0 saturated heterocycles. The molecule has 0 fully saturated rings. The van der Waals surface area contributed by atoms with E-state index in [1.54, 1.807) is 0 Å². The van der Waals surface area contributed by atoms with Crippen LogP contribution >= 0.6 is 12.4 Å².